The Hall–Kier alpha value is -2.19. The summed E-state index contributed by atoms with van der Waals surface area (Å²) in [5.41, 5.74) is -0.222. The fourth-order valence-corrected chi connectivity index (χ4v) is 3.09. The van der Waals surface area contributed by atoms with Crippen molar-refractivity contribution in [1.29, 1.82) is 0 Å². The molecule has 0 radical (unpaired) electrons. The van der Waals surface area contributed by atoms with E-state index in [9.17, 15) is 19.7 Å². The van der Waals surface area contributed by atoms with Gasteiger partial charge in [-0.25, -0.2) is 0 Å². The fourth-order valence-electron chi connectivity index (χ4n) is 2.92. The number of nitro groups is 1. The molecule has 1 aliphatic heterocycles. The number of hydrogen-bond acceptors (Lipinski definition) is 5. The van der Waals surface area contributed by atoms with E-state index in [0.717, 1.165) is 0 Å². The Bertz CT molecular complexity index is 667. The third kappa shape index (κ3) is 4.65. The molecule has 130 valence electrons. The molecular weight excluding hydrogens is 338 g/mol. The number of carbonyl (C=O) groups is 2. The maximum Gasteiger partial charge on any atom is 0.307 e. The Morgan fingerprint density at radius 3 is 2.79 bits per heavy atom. The lowest BCUT2D eigenvalue weighted by atomic mass is 9.90. The van der Waals surface area contributed by atoms with Gasteiger partial charge >= 0.3 is 5.97 Å². The van der Waals surface area contributed by atoms with Crippen LogP contribution in [0.1, 0.15) is 13.3 Å². The zero-order valence-corrected chi connectivity index (χ0v) is 13.8. The number of halogens is 1. The first-order valence-electron chi connectivity index (χ1n) is 7.45. The Morgan fingerprint density at radius 1 is 1.46 bits per heavy atom. The van der Waals surface area contributed by atoms with Gasteiger partial charge in [0.15, 0.2) is 0 Å². The fraction of sp³-hybridized carbons (Fsp3) is 0.467. The second-order valence-electron chi connectivity index (χ2n) is 6.04. The van der Waals surface area contributed by atoms with E-state index in [1.807, 2.05) is 6.92 Å². The van der Waals surface area contributed by atoms with Crippen LogP contribution in [0.4, 0.5) is 11.4 Å². The number of carboxylic acid groups (broad SMARTS) is 1. The number of likely N-dealkylation sites (tertiary alicyclic amines) is 1. The molecule has 2 unspecified atom stereocenters. The monoisotopic (exact) mass is 355 g/mol. The van der Waals surface area contributed by atoms with Gasteiger partial charge in [-0.15, -0.1) is 0 Å². The van der Waals surface area contributed by atoms with Gasteiger partial charge in [-0.1, -0.05) is 18.5 Å². The highest BCUT2D eigenvalue weighted by molar-refractivity contribution is 6.31. The minimum Gasteiger partial charge on any atom is -0.481 e. The van der Waals surface area contributed by atoms with E-state index in [0.29, 0.717) is 13.0 Å². The number of hydrogen-bond donors (Lipinski definition) is 2. The largest absolute Gasteiger partial charge is 0.481 e. The molecule has 1 fully saturated rings. The number of aliphatic carboxylic acids is 1. The summed E-state index contributed by atoms with van der Waals surface area (Å²) in [6, 6.07) is 3.99. The van der Waals surface area contributed by atoms with Crippen LogP contribution in [0, 0.1) is 22.0 Å². The van der Waals surface area contributed by atoms with Crippen LogP contribution in [-0.2, 0) is 9.59 Å². The second kappa shape index (κ2) is 7.59. The Kier molecular flexibility index (Phi) is 5.74. The second-order valence-corrected chi connectivity index (χ2v) is 6.47. The molecule has 0 aromatic heterocycles. The van der Waals surface area contributed by atoms with Gasteiger partial charge in [0.05, 0.1) is 17.4 Å². The summed E-state index contributed by atoms with van der Waals surface area (Å²) in [6.45, 7) is 2.81. The SMILES string of the molecule is CC1CC(C(=O)O)CN(CC(=O)Nc2ccc(Cl)cc2[N+](=O)[O-])C1. The quantitative estimate of drug-likeness (QED) is 0.618. The molecule has 2 rings (SSSR count). The maximum atomic E-state index is 12.2. The number of anilines is 1. The molecule has 2 atom stereocenters. The van der Waals surface area contributed by atoms with Crippen molar-refractivity contribution in [3.8, 4) is 0 Å². The lowest BCUT2D eigenvalue weighted by Gasteiger charge is -2.34. The molecule has 1 aromatic rings. The highest BCUT2D eigenvalue weighted by atomic mass is 35.5. The minimum atomic E-state index is -0.875. The molecule has 1 amide bonds. The highest BCUT2D eigenvalue weighted by Crippen LogP contribution is 2.28. The zero-order valence-electron chi connectivity index (χ0n) is 13.1. The van der Waals surface area contributed by atoms with Gasteiger partial charge in [0.25, 0.3) is 5.69 Å². The minimum absolute atomic E-state index is 0.0199. The van der Waals surface area contributed by atoms with Gasteiger partial charge < -0.3 is 10.4 Å². The summed E-state index contributed by atoms with van der Waals surface area (Å²) in [6.07, 6.45) is 0.579. The van der Waals surface area contributed by atoms with Crippen LogP contribution in [0.3, 0.4) is 0 Å². The van der Waals surface area contributed by atoms with E-state index in [-0.39, 0.29) is 35.4 Å². The molecule has 1 aromatic carbocycles. The van der Waals surface area contributed by atoms with Crippen molar-refractivity contribution in [1.82, 2.24) is 4.90 Å². The number of benzene rings is 1. The highest BCUT2D eigenvalue weighted by Gasteiger charge is 2.30. The first-order valence-corrected chi connectivity index (χ1v) is 7.83. The molecule has 0 spiro atoms. The lowest BCUT2D eigenvalue weighted by Crippen LogP contribution is -2.45. The Labute approximate surface area is 143 Å². The summed E-state index contributed by atoms with van der Waals surface area (Å²) < 4.78 is 0. The van der Waals surface area contributed by atoms with Crippen molar-refractivity contribution < 1.29 is 19.6 Å². The molecule has 1 saturated heterocycles. The van der Waals surface area contributed by atoms with Gasteiger partial charge in [0, 0.05) is 24.2 Å². The van der Waals surface area contributed by atoms with E-state index in [2.05, 4.69) is 5.32 Å². The predicted molar refractivity (Wildman–Crippen MR) is 88.1 cm³/mol. The maximum absolute atomic E-state index is 12.2. The van der Waals surface area contributed by atoms with Gasteiger partial charge in [-0.05, 0) is 24.5 Å². The van der Waals surface area contributed by atoms with Crippen molar-refractivity contribution in [3.05, 3.63) is 33.3 Å². The van der Waals surface area contributed by atoms with E-state index >= 15 is 0 Å². The summed E-state index contributed by atoms with van der Waals surface area (Å²) in [4.78, 5) is 35.5. The number of nitro benzene ring substituents is 1. The lowest BCUT2D eigenvalue weighted by molar-refractivity contribution is -0.383. The molecule has 24 heavy (non-hydrogen) atoms. The number of nitrogens with one attached hydrogen (secondary N) is 1. The Balaban J connectivity index is 2.03. The van der Waals surface area contributed by atoms with Crippen LogP contribution in [0.2, 0.25) is 5.02 Å². The Morgan fingerprint density at radius 2 is 2.17 bits per heavy atom. The molecule has 0 bridgehead atoms. The molecule has 0 aliphatic carbocycles. The average molecular weight is 356 g/mol. The molecule has 1 heterocycles. The standard InChI is InChI=1S/C15H18ClN3O5/c1-9-4-10(15(21)22)7-18(6-9)8-14(20)17-12-3-2-11(16)5-13(12)19(23)24/h2-3,5,9-10H,4,6-8H2,1H3,(H,17,20)(H,21,22). The number of carboxylic acids is 1. The number of carbonyl (C=O) groups excluding carboxylic acids is 1. The molecule has 2 N–H and O–H groups in total. The van der Waals surface area contributed by atoms with E-state index in [1.54, 1.807) is 4.90 Å². The molecule has 0 saturated carbocycles. The molecular formula is C15H18ClN3O5. The van der Waals surface area contributed by atoms with Crippen molar-refractivity contribution in [2.75, 3.05) is 25.0 Å². The predicted octanol–water partition coefficient (Wildman–Crippen LogP) is 2.23. The summed E-state index contributed by atoms with van der Waals surface area (Å²) in [7, 11) is 0. The van der Waals surface area contributed by atoms with E-state index in [1.165, 1.54) is 18.2 Å². The van der Waals surface area contributed by atoms with E-state index < -0.39 is 22.7 Å². The third-order valence-electron chi connectivity index (χ3n) is 3.88. The van der Waals surface area contributed by atoms with Gasteiger partial charge in [-0.3, -0.25) is 24.6 Å². The van der Waals surface area contributed by atoms with Crippen LogP contribution in [0.25, 0.3) is 0 Å². The zero-order chi connectivity index (χ0) is 17.9. The van der Waals surface area contributed by atoms with Crippen LogP contribution in [0.15, 0.2) is 18.2 Å². The van der Waals surface area contributed by atoms with E-state index in [4.69, 9.17) is 16.7 Å². The number of piperidine rings is 1. The van der Waals surface area contributed by atoms with Gasteiger partial charge in [0.1, 0.15) is 5.69 Å². The van der Waals surface area contributed by atoms with Gasteiger partial charge in [0.2, 0.25) is 5.91 Å². The van der Waals surface area contributed by atoms with Gasteiger partial charge in [-0.2, -0.15) is 0 Å². The van der Waals surface area contributed by atoms with Crippen LogP contribution < -0.4 is 5.32 Å². The topological polar surface area (TPSA) is 113 Å². The summed E-state index contributed by atoms with van der Waals surface area (Å²) >= 11 is 5.73. The van der Waals surface area contributed by atoms with Crippen LogP contribution in [-0.4, -0.2) is 46.4 Å². The number of nitrogens with zero attached hydrogens (tertiary/aromatic N) is 2. The smallest absolute Gasteiger partial charge is 0.307 e. The van der Waals surface area contributed by atoms with Crippen molar-refractivity contribution in [3.63, 3.8) is 0 Å². The number of amides is 1. The first-order chi connectivity index (χ1) is 11.3. The number of rotatable bonds is 5. The molecule has 9 heteroatoms. The average Bonchev–Trinajstić information content (AvgIpc) is 2.48. The van der Waals surface area contributed by atoms with Crippen molar-refractivity contribution in [2.45, 2.75) is 13.3 Å². The third-order valence-corrected chi connectivity index (χ3v) is 4.12. The molecule has 8 nitrogen and oxygen atoms in total. The molecule has 1 aliphatic rings. The van der Waals surface area contributed by atoms with Crippen molar-refractivity contribution >= 4 is 34.9 Å². The normalized spacial score (nSPS) is 21.2. The van der Waals surface area contributed by atoms with Crippen LogP contribution in [0.5, 0.6) is 0 Å². The summed E-state index contributed by atoms with van der Waals surface area (Å²) in [5, 5.41) is 22.9. The first kappa shape index (κ1) is 18.2. The summed E-state index contributed by atoms with van der Waals surface area (Å²) in [5.74, 6) is -1.65. The van der Waals surface area contributed by atoms with Crippen LogP contribution >= 0.6 is 11.6 Å². The van der Waals surface area contributed by atoms with Crippen molar-refractivity contribution in [2.24, 2.45) is 11.8 Å².